The fraction of sp³-hybridized carbons (Fsp3) is 0.706. The van der Waals surface area contributed by atoms with Crippen LogP contribution in [0.5, 0.6) is 0 Å². The highest BCUT2D eigenvalue weighted by molar-refractivity contribution is 14.0. The number of rotatable bonds is 7. The van der Waals surface area contributed by atoms with Crippen LogP contribution < -0.4 is 10.6 Å². The van der Waals surface area contributed by atoms with Crippen LogP contribution in [0.1, 0.15) is 38.0 Å². The van der Waals surface area contributed by atoms with E-state index in [9.17, 15) is 0 Å². The molecule has 0 radical (unpaired) electrons. The third kappa shape index (κ3) is 7.85. The number of likely N-dealkylation sites (tertiary alicyclic amines) is 1. The van der Waals surface area contributed by atoms with Crippen LogP contribution in [-0.4, -0.2) is 43.6 Å². The van der Waals surface area contributed by atoms with Crippen molar-refractivity contribution in [2.45, 2.75) is 39.7 Å². The molecule has 2 heterocycles. The summed E-state index contributed by atoms with van der Waals surface area (Å²) in [6.45, 7) is 10.7. The van der Waals surface area contributed by atoms with Gasteiger partial charge in [-0.2, -0.15) is 0 Å². The number of thiophene rings is 1. The van der Waals surface area contributed by atoms with E-state index in [1.54, 1.807) is 0 Å². The maximum absolute atomic E-state index is 4.75. The van der Waals surface area contributed by atoms with Crippen LogP contribution in [0.4, 0.5) is 0 Å². The maximum Gasteiger partial charge on any atom is 0.191 e. The summed E-state index contributed by atoms with van der Waals surface area (Å²) in [6, 6.07) is 4.39. The minimum absolute atomic E-state index is 0. The second kappa shape index (κ2) is 12.1. The van der Waals surface area contributed by atoms with Gasteiger partial charge in [0.2, 0.25) is 0 Å². The highest BCUT2D eigenvalue weighted by Gasteiger charge is 2.19. The van der Waals surface area contributed by atoms with Gasteiger partial charge < -0.3 is 10.6 Å². The van der Waals surface area contributed by atoms with Gasteiger partial charge in [0, 0.05) is 31.1 Å². The summed E-state index contributed by atoms with van der Waals surface area (Å²) in [4.78, 5) is 8.81. The molecule has 1 saturated heterocycles. The van der Waals surface area contributed by atoms with Crippen molar-refractivity contribution in [3.8, 4) is 0 Å². The summed E-state index contributed by atoms with van der Waals surface area (Å²) in [5.41, 5.74) is 0. The predicted molar refractivity (Wildman–Crippen MR) is 112 cm³/mol. The number of nitrogens with zero attached hydrogens (tertiary/aromatic N) is 2. The molecule has 23 heavy (non-hydrogen) atoms. The molecule has 132 valence electrons. The molecule has 1 aromatic heterocycles. The zero-order valence-electron chi connectivity index (χ0n) is 14.4. The van der Waals surface area contributed by atoms with Crippen LogP contribution in [0.3, 0.4) is 0 Å². The topological polar surface area (TPSA) is 39.7 Å². The van der Waals surface area contributed by atoms with E-state index in [0.29, 0.717) is 0 Å². The highest BCUT2D eigenvalue weighted by atomic mass is 127. The Bertz CT molecular complexity index is 428. The molecule has 0 amide bonds. The van der Waals surface area contributed by atoms with E-state index in [4.69, 9.17) is 4.99 Å². The number of guanidine groups is 1. The van der Waals surface area contributed by atoms with Gasteiger partial charge in [0.25, 0.3) is 0 Å². The first kappa shape index (κ1) is 20.7. The fourth-order valence-corrected chi connectivity index (χ4v) is 3.50. The van der Waals surface area contributed by atoms with E-state index < -0.39 is 0 Å². The zero-order chi connectivity index (χ0) is 15.6. The van der Waals surface area contributed by atoms with Gasteiger partial charge in [-0.1, -0.05) is 13.0 Å². The molecule has 1 aliphatic heterocycles. The summed E-state index contributed by atoms with van der Waals surface area (Å²) >= 11 is 1.86. The maximum atomic E-state index is 4.75. The van der Waals surface area contributed by atoms with E-state index in [-0.39, 0.29) is 24.0 Å². The first-order valence-electron chi connectivity index (χ1n) is 8.58. The number of halogens is 1. The van der Waals surface area contributed by atoms with Crippen molar-refractivity contribution >= 4 is 41.3 Å². The predicted octanol–water partition coefficient (Wildman–Crippen LogP) is 3.54. The van der Waals surface area contributed by atoms with Crippen LogP contribution in [0, 0.1) is 5.92 Å². The summed E-state index contributed by atoms with van der Waals surface area (Å²) in [7, 11) is 0. The second-order valence-corrected chi connectivity index (χ2v) is 6.98. The Kier molecular flexibility index (Phi) is 10.9. The van der Waals surface area contributed by atoms with Crippen molar-refractivity contribution < 1.29 is 0 Å². The number of aliphatic imine (C=N–C) groups is 1. The molecule has 2 rings (SSSR count). The standard InChI is InChI=1S/C17H30N4S.HI/c1-3-9-19-17(18-4-2)20-13-15-7-10-21(11-8-15)14-16-6-5-12-22-16;/h5-6,12,15H,3-4,7-11,13-14H2,1-2H3,(H2,18,19,20);1H. The highest BCUT2D eigenvalue weighted by Crippen LogP contribution is 2.20. The zero-order valence-corrected chi connectivity index (χ0v) is 17.5. The normalized spacial score (nSPS) is 16.9. The lowest BCUT2D eigenvalue weighted by Gasteiger charge is -2.31. The smallest absolute Gasteiger partial charge is 0.191 e. The molecule has 1 fully saturated rings. The van der Waals surface area contributed by atoms with Crippen molar-refractivity contribution in [1.82, 2.24) is 15.5 Å². The molecule has 4 nitrogen and oxygen atoms in total. The summed E-state index contributed by atoms with van der Waals surface area (Å²) in [6.07, 6.45) is 3.66. The molecular formula is C17H31IN4S. The van der Waals surface area contributed by atoms with Gasteiger partial charge in [0.05, 0.1) is 0 Å². The van der Waals surface area contributed by atoms with Gasteiger partial charge in [-0.05, 0) is 56.6 Å². The summed E-state index contributed by atoms with van der Waals surface area (Å²) in [5, 5.41) is 8.87. The molecule has 0 atom stereocenters. The van der Waals surface area contributed by atoms with Crippen molar-refractivity contribution in [1.29, 1.82) is 0 Å². The Hall–Kier alpha value is -0.340. The minimum Gasteiger partial charge on any atom is -0.357 e. The second-order valence-electron chi connectivity index (χ2n) is 5.95. The van der Waals surface area contributed by atoms with Gasteiger partial charge >= 0.3 is 0 Å². The number of hydrogen-bond acceptors (Lipinski definition) is 3. The van der Waals surface area contributed by atoms with Crippen molar-refractivity contribution in [3.05, 3.63) is 22.4 Å². The monoisotopic (exact) mass is 450 g/mol. The first-order valence-corrected chi connectivity index (χ1v) is 9.46. The third-order valence-electron chi connectivity index (χ3n) is 4.06. The van der Waals surface area contributed by atoms with Crippen molar-refractivity contribution in [3.63, 3.8) is 0 Å². The van der Waals surface area contributed by atoms with Crippen LogP contribution >= 0.6 is 35.3 Å². The van der Waals surface area contributed by atoms with Crippen molar-refractivity contribution in [2.24, 2.45) is 10.9 Å². The minimum atomic E-state index is 0. The molecule has 0 bridgehead atoms. The SMILES string of the molecule is CCCNC(=NCC1CCN(Cc2cccs2)CC1)NCC.I. The van der Waals surface area contributed by atoms with Crippen LogP contribution in [-0.2, 0) is 6.54 Å². The van der Waals surface area contributed by atoms with E-state index in [1.165, 1.54) is 30.8 Å². The Morgan fingerprint density at radius 2 is 2.09 bits per heavy atom. The molecule has 0 aromatic carbocycles. The van der Waals surface area contributed by atoms with E-state index in [1.807, 2.05) is 11.3 Å². The molecule has 0 saturated carbocycles. The average molecular weight is 450 g/mol. The lowest BCUT2D eigenvalue weighted by Crippen LogP contribution is -2.39. The number of piperidine rings is 1. The molecular weight excluding hydrogens is 419 g/mol. The van der Waals surface area contributed by atoms with E-state index in [2.05, 4.69) is 46.9 Å². The van der Waals surface area contributed by atoms with Gasteiger partial charge in [-0.25, -0.2) is 0 Å². The van der Waals surface area contributed by atoms with Gasteiger partial charge in [0.1, 0.15) is 0 Å². The Labute approximate surface area is 162 Å². The molecule has 2 N–H and O–H groups in total. The molecule has 0 spiro atoms. The molecule has 0 unspecified atom stereocenters. The Morgan fingerprint density at radius 3 is 2.70 bits per heavy atom. The van der Waals surface area contributed by atoms with Crippen LogP contribution in [0.25, 0.3) is 0 Å². The first-order chi connectivity index (χ1) is 10.8. The molecule has 0 aliphatic carbocycles. The third-order valence-corrected chi connectivity index (χ3v) is 4.92. The van der Waals surface area contributed by atoms with Crippen LogP contribution in [0.15, 0.2) is 22.5 Å². The van der Waals surface area contributed by atoms with Gasteiger partial charge in [-0.3, -0.25) is 9.89 Å². The lowest BCUT2D eigenvalue weighted by atomic mass is 9.97. The Balaban J connectivity index is 0.00000264. The quantitative estimate of drug-likeness (QED) is 0.379. The number of nitrogens with one attached hydrogen (secondary N) is 2. The van der Waals surface area contributed by atoms with Crippen LogP contribution in [0.2, 0.25) is 0 Å². The largest absolute Gasteiger partial charge is 0.357 e. The molecule has 6 heteroatoms. The molecule has 1 aromatic rings. The lowest BCUT2D eigenvalue weighted by molar-refractivity contribution is 0.182. The molecule has 1 aliphatic rings. The van der Waals surface area contributed by atoms with E-state index in [0.717, 1.165) is 44.5 Å². The average Bonchev–Trinajstić information content (AvgIpc) is 3.04. The van der Waals surface area contributed by atoms with E-state index >= 15 is 0 Å². The van der Waals surface area contributed by atoms with Crippen molar-refractivity contribution in [2.75, 3.05) is 32.7 Å². The Morgan fingerprint density at radius 1 is 1.30 bits per heavy atom. The van der Waals surface area contributed by atoms with Gasteiger partial charge in [-0.15, -0.1) is 35.3 Å². The number of hydrogen-bond donors (Lipinski definition) is 2. The summed E-state index contributed by atoms with van der Waals surface area (Å²) in [5.74, 6) is 1.71. The summed E-state index contributed by atoms with van der Waals surface area (Å²) < 4.78 is 0. The van der Waals surface area contributed by atoms with Gasteiger partial charge in [0.15, 0.2) is 5.96 Å². The fourth-order valence-electron chi connectivity index (χ4n) is 2.76.